The molecule has 214 valence electrons. The van der Waals surface area contributed by atoms with Gasteiger partial charge in [-0.15, -0.1) is 0 Å². The van der Waals surface area contributed by atoms with Crippen molar-refractivity contribution in [2.75, 3.05) is 0 Å². The fourth-order valence-corrected chi connectivity index (χ4v) is 6.45. The van der Waals surface area contributed by atoms with Crippen molar-refractivity contribution in [3.63, 3.8) is 0 Å². The average molecular weight is 588 g/mol. The lowest BCUT2D eigenvalue weighted by molar-refractivity contribution is 1.25. The molecule has 0 bridgehead atoms. The highest BCUT2D eigenvalue weighted by Crippen LogP contribution is 2.39. The molecular formula is C41H25N5. The molecule has 0 spiro atoms. The Morgan fingerprint density at radius 3 is 2.00 bits per heavy atom. The first-order chi connectivity index (χ1) is 22.8. The predicted octanol–water partition coefficient (Wildman–Crippen LogP) is 9.94. The van der Waals surface area contributed by atoms with Gasteiger partial charge in [-0.2, -0.15) is 0 Å². The van der Waals surface area contributed by atoms with Crippen LogP contribution in [-0.4, -0.2) is 24.9 Å². The molecule has 0 aliphatic heterocycles. The number of nitrogens with zero attached hydrogens (tertiary/aromatic N) is 5. The van der Waals surface area contributed by atoms with Crippen molar-refractivity contribution in [1.29, 1.82) is 0 Å². The molecule has 0 unspecified atom stereocenters. The van der Waals surface area contributed by atoms with Gasteiger partial charge in [-0.1, -0.05) is 91.0 Å². The van der Waals surface area contributed by atoms with Gasteiger partial charge in [0.2, 0.25) is 0 Å². The maximum absolute atomic E-state index is 5.30. The molecule has 0 saturated heterocycles. The van der Waals surface area contributed by atoms with Gasteiger partial charge < -0.3 is 0 Å². The number of hydrogen-bond acceptors (Lipinski definition) is 5. The third-order valence-electron chi connectivity index (χ3n) is 8.57. The summed E-state index contributed by atoms with van der Waals surface area (Å²) in [6.45, 7) is 0. The number of rotatable bonds is 4. The van der Waals surface area contributed by atoms with Crippen molar-refractivity contribution >= 4 is 43.6 Å². The molecule has 0 radical (unpaired) electrons. The van der Waals surface area contributed by atoms with Crippen molar-refractivity contribution in [3.05, 3.63) is 152 Å². The van der Waals surface area contributed by atoms with Crippen LogP contribution in [0.5, 0.6) is 0 Å². The second kappa shape index (κ2) is 10.7. The van der Waals surface area contributed by atoms with Gasteiger partial charge >= 0.3 is 0 Å². The number of fused-ring (bicyclic) bond motifs is 5. The summed E-state index contributed by atoms with van der Waals surface area (Å²) < 4.78 is 0. The minimum atomic E-state index is 0.831. The first-order valence-corrected chi connectivity index (χ1v) is 15.3. The van der Waals surface area contributed by atoms with E-state index in [1.165, 1.54) is 5.56 Å². The normalized spacial score (nSPS) is 11.5. The highest BCUT2D eigenvalue weighted by atomic mass is 14.8. The zero-order chi connectivity index (χ0) is 30.5. The van der Waals surface area contributed by atoms with Gasteiger partial charge in [0.1, 0.15) is 0 Å². The Hall–Kier alpha value is -6.33. The Kier molecular flexibility index (Phi) is 6.06. The summed E-state index contributed by atoms with van der Waals surface area (Å²) in [5.74, 6) is 0. The van der Waals surface area contributed by atoms with E-state index in [-0.39, 0.29) is 0 Å². The van der Waals surface area contributed by atoms with E-state index in [9.17, 15) is 0 Å². The van der Waals surface area contributed by atoms with Crippen molar-refractivity contribution in [2.45, 2.75) is 0 Å². The molecule has 0 atom stereocenters. The summed E-state index contributed by atoms with van der Waals surface area (Å²) >= 11 is 0. The van der Waals surface area contributed by atoms with E-state index in [2.05, 4.69) is 96.0 Å². The molecule has 4 aromatic carbocycles. The second-order valence-electron chi connectivity index (χ2n) is 11.3. The molecule has 0 amide bonds. The zero-order valence-electron chi connectivity index (χ0n) is 24.7. The van der Waals surface area contributed by atoms with Gasteiger partial charge in [0, 0.05) is 50.6 Å². The maximum Gasteiger partial charge on any atom is 0.0978 e. The summed E-state index contributed by atoms with van der Waals surface area (Å²) in [6, 6.07) is 47.7. The number of hydrogen-bond donors (Lipinski definition) is 0. The third kappa shape index (κ3) is 4.29. The fourth-order valence-electron chi connectivity index (χ4n) is 6.45. The first-order valence-electron chi connectivity index (χ1n) is 15.3. The zero-order valence-corrected chi connectivity index (χ0v) is 24.7. The van der Waals surface area contributed by atoms with Gasteiger partial charge in [-0.3, -0.25) is 9.97 Å². The monoisotopic (exact) mass is 587 g/mol. The minimum absolute atomic E-state index is 0.831. The average Bonchev–Trinajstić information content (AvgIpc) is 3.14. The van der Waals surface area contributed by atoms with Crippen LogP contribution in [0, 0.1) is 0 Å². The first kappa shape index (κ1) is 26.1. The number of para-hydroxylation sites is 1. The van der Waals surface area contributed by atoms with Crippen LogP contribution in [-0.2, 0) is 0 Å². The van der Waals surface area contributed by atoms with Crippen LogP contribution in [0.2, 0.25) is 0 Å². The predicted molar refractivity (Wildman–Crippen MR) is 187 cm³/mol. The molecule has 5 aromatic heterocycles. The number of pyridine rings is 5. The molecular weight excluding hydrogens is 562 g/mol. The smallest absolute Gasteiger partial charge is 0.0978 e. The topological polar surface area (TPSA) is 64.5 Å². The van der Waals surface area contributed by atoms with Crippen LogP contribution in [0.4, 0.5) is 0 Å². The molecule has 0 fully saturated rings. The van der Waals surface area contributed by atoms with E-state index in [4.69, 9.17) is 19.9 Å². The van der Waals surface area contributed by atoms with Crippen molar-refractivity contribution in [1.82, 2.24) is 24.9 Å². The number of benzene rings is 4. The Bertz CT molecular complexity index is 2580. The molecule has 0 aliphatic rings. The van der Waals surface area contributed by atoms with Crippen LogP contribution in [0.3, 0.4) is 0 Å². The van der Waals surface area contributed by atoms with E-state index < -0.39 is 0 Å². The van der Waals surface area contributed by atoms with E-state index in [1.54, 1.807) is 6.20 Å². The van der Waals surface area contributed by atoms with Crippen LogP contribution in [0.15, 0.2) is 152 Å². The van der Waals surface area contributed by atoms with Gasteiger partial charge in [0.15, 0.2) is 0 Å². The SMILES string of the molecule is c1ccc(-c2c3ccccc3nc3c2ccc2ccc(-c4ccc(-c5cccc(-c6ccccn6)n5)c5cccnc45)nc23)cc1. The van der Waals surface area contributed by atoms with E-state index in [0.717, 1.165) is 83.1 Å². The second-order valence-corrected chi connectivity index (χ2v) is 11.3. The van der Waals surface area contributed by atoms with Crippen molar-refractivity contribution < 1.29 is 0 Å². The van der Waals surface area contributed by atoms with Crippen LogP contribution in [0.25, 0.3) is 88.6 Å². The van der Waals surface area contributed by atoms with Gasteiger partial charge in [-0.05, 0) is 54.1 Å². The maximum atomic E-state index is 5.30. The van der Waals surface area contributed by atoms with E-state index in [1.807, 2.05) is 54.7 Å². The number of aromatic nitrogens is 5. The lowest BCUT2D eigenvalue weighted by Crippen LogP contribution is -1.95. The highest BCUT2D eigenvalue weighted by molar-refractivity contribution is 6.16. The Balaban J connectivity index is 1.25. The van der Waals surface area contributed by atoms with E-state index >= 15 is 0 Å². The summed E-state index contributed by atoms with van der Waals surface area (Å²) in [4.78, 5) is 24.8. The van der Waals surface area contributed by atoms with Crippen molar-refractivity contribution in [3.8, 4) is 45.0 Å². The Morgan fingerprint density at radius 2 is 1.09 bits per heavy atom. The molecule has 9 rings (SSSR count). The standard InChI is InChI=1S/C41H25N5/c1-2-10-26(11-3-1)38-30-12-4-5-14-34(30)46-41-32(38)20-18-27-19-23-35(45-39(27)41)31-22-21-28(29-13-9-25-43-40(29)31)33-16-8-17-37(44-33)36-15-6-7-24-42-36/h1-25H. The molecule has 0 aliphatic carbocycles. The molecule has 5 heterocycles. The largest absolute Gasteiger partial charge is 0.256 e. The summed E-state index contributed by atoms with van der Waals surface area (Å²) in [6.07, 6.45) is 3.63. The molecule has 0 saturated carbocycles. The summed E-state index contributed by atoms with van der Waals surface area (Å²) in [5, 5.41) is 4.27. The van der Waals surface area contributed by atoms with Gasteiger partial charge in [0.25, 0.3) is 0 Å². The van der Waals surface area contributed by atoms with Crippen molar-refractivity contribution in [2.24, 2.45) is 0 Å². The molecule has 5 heteroatoms. The highest BCUT2D eigenvalue weighted by Gasteiger charge is 2.17. The van der Waals surface area contributed by atoms with E-state index in [0.29, 0.717) is 0 Å². The Labute approximate surface area is 264 Å². The lowest BCUT2D eigenvalue weighted by Gasteiger charge is -2.14. The van der Waals surface area contributed by atoms with Crippen LogP contribution in [0.1, 0.15) is 0 Å². The lowest BCUT2D eigenvalue weighted by atomic mass is 9.95. The molecule has 46 heavy (non-hydrogen) atoms. The van der Waals surface area contributed by atoms with Gasteiger partial charge in [-0.25, -0.2) is 15.0 Å². The summed E-state index contributed by atoms with van der Waals surface area (Å²) in [5.41, 5.74) is 11.3. The van der Waals surface area contributed by atoms with Gasteiger partial charge in [0.05, 0.1) is 44.8 Å². The third-order valence-corrected chi connectivity index (χ3v) is 8.57. The minimum Gasteiger partial charge on any atom is -0.256 e. The fraction of sp³-hybridized carbons (Fsp3) is 0. The van der Waals surface area contributed by atoms with Crippen LogP contribution >= 0.6 is 0 Å². The van der Waals surface area contributed by atoms with Crippen LogP contribution < -0.4 is 0 Å². The molecule has 5 nitrogen and oxygen atoms in total. The summed E-state index contributed by atoms with van der Waals surface area (Å²) in [7, 11) is 0. The molecule has 0 N–H and O–H groups in total. The molecule has 9 aromatic rings. The Morgan fingerprint density at radius 1 is 0.348 bits per heavy atom. The quantitative estimate of drug-likeness (QED) is 0.151.